The van der Waals surface area contributed by atoms with E-state index in [2.05, 4.69) is 67.3 Å². The van der Waals surface area contributed by atoms with Crippen LogP contribution in [0, 0.1) is 12.8 Å². The van der Waals surface area contributed by atoms with Crippen LogP contribution in [-0.2, 0) is 11.2 Å². The maximum Gasteiger partial charge on any atom is 0.305 e. The summed E-state index contributed by atoms with van der Waals surface area (Å²) in [6.07, 6.45) is 2.21. The third-order valence-electron chi connectivity index (χ3n) is 5.19. The summed E-state index contributed by atoms with van der Waals surface area (Å²) in [5, 5.41) is 9.16. The summed E-state index contributed by atoms with van der Waals surface area (Å²) in [6.45, 7) is 5.24. The first-order valence-electron chi connectivity index (χ1n) is 8.66. The van der Waals surface area contributed by atoms with E-state index in [1.807, 2.05) is 0 Å². The van der Waals surface area contributed by atoms with Gasteiger partial charge in [0.25, 0.3) is 0 Å². The van der Waals surface area contributed by atoms with E-state index in [0.717, 1.165) is 25.1 Å². The van der Waals surface area contributed by atoms with Crippen LogP contribution >= 0.6 is 0 Å². The van der Waals surface area contributed by atoms with Crippen molar-refractivity contribution in [1.29, 1.82) is 0 Å². The van der Waals surface area contributed by atoms with Gasteiger partial charge in [0.1, 0.15) is 0 Å². The third-order valence-corrected chi connectivity index (χ3v) is 5.19. The SMILES string of the molecule is Cc1ccccc1Cc1ccc(N2CCC(C)C2CC(=O)O)cc1. The zero-order valence-corrected chi connectivity index (χ0v) is 14.4. The number of carboxylic acid groups (broad SMARTS) is 1. The zero-order chi connectivity index (χ0) is 17.1. The molecule has 3 heteroatoms. The quantitative estimate of drug-likeness (QED) is 0.893. The van der Waals surface area contributed by atoms with E-state index in [1.54, 1.807) is 0 Å². The minimum atomic E-state index is -0.713. The molecule has 0 radical (unpaired) electrons. The van der Waals surface area contributed by atoms with E-state index in [-0.39, 0.29) is 12.5 Å². The molecule has 0 aliphatic carbocycles. The van der Waals surface area contributed by atoms with Gasteiger partial charge in [-0.25, -0.2) is 0 Å². The first-order valence-corrected chi connectivity index (χ1v) is 8.66. The fraction of sp³-hybridized carbons (Fsp3) is 0.381. The number of hydrogen-bond acceptors (Lipinski definition) is 2. The molecule has 1 aliphatic heterocycles. The van der Waals surface area contributed by atoms with Crippen molar-refractivity contribution in [2.45, 2.75) is 39.2 Å². The predicted octanol–water partition coefficient (Wildman–Crippen LogP) is 4.28. The molecule has 0 amide bonds. The van der Waals surface area contributed by atoms with Crippen molar-refractivity contribution in [2.75, 3.05) is 11.4 Å². The predicted molar refractivity (Wildman–Crippen MR) is 97.6 cm³/mol. The summed E-state index contributed by atoms with van der Waals surface area (Å²) in [6, 6.07) is 17.2. The van der Waals surface area contributed by atoms with Crippen LogP contribution in [0.1, 0.15) is 36.5 Å². The average Bonchev–Trinajstić information content (AvgIpc) is 2.91. The molecule has 3 rings (SSSR count). The maximum atomic E-state index is 11.1. The fourth-order valence-corrected chi connectivity index (χ4v) is 3.65. The Kier molecular flexibility index (Phi) is 4.89. The second-order valence-corrected chi connectivity index (χ2v) is 6.89. The van der Waals surface area contributed by atoms with Gasteiger partial charge in [-0.05, 0) is 54.5 Å². The van der Waals surface area contributed by atoms with Crippen LogP contribution in [0.2, 0.25) is 0 Å². The van der Waals surface area contributed by atoms with Crippen LogP contribution in [0.4, 0.5) is 5.69 Å². The molecule has 0 aromatic heterocycles. The van der Waals surface area contributed by atoms with Crippen LogP contribution in [0.5, 0.6) is 0 Å². The standard InChI is InChI=1S/C21H25NO2/c1-15-5-3-4-6-18(15)13-17-7-9-19(10-8-17)22-12-11-16(2)20(22)14-21(23)24/h3-10,16,20H,11-14H2,1-2H3,(H,23,24). The van der Waals surface area contributed by atoms with E-state index >= 15 is 0 Å². The second kappa shape index (κ2) is 7.08. The van der Waals surface area contributed by atoms with Gasteiger partial charge in [0.2, 0.25) is 0 Å². The Labute approximate surface area is 143 Å². The third kappa shape index (κ3) is 3.61. The Morgan fingerprint density at radius 2 is 1.88 bits per heavy atom. The first kappa shape index (κ1) is 16.6. The monoisotopic (exact) mass is 323 g/mol. The molecule has 1 saturated heterocycles. The fourth-order valence-electron chi connectivity index (χ4n) is 3.65. The molecule has 3 nitrogen and oxygen atoms in total. The van der Waals surface area contributed by atoms with Gasteiger partial charge in [-0.2, -0.15) is 0 Å². The Bertz CT molecular complexity index is 708. The molecule has 0 saturated carbocycles. The highest BCUT2D eigenvalue weighted by Gasteiger charge is 2.32. The van der Waals surface area contributed by atoms with E-state index in [9.17, 15) is 4.79 Å². The topological polar surface area (TPSA) is 40.5 Å². The molecular formula is C21H25NO2. The molecular weight excluding hydrogens is 298 g/mol. The molecule has 0 bridgehead atoms. The maximum absolute atomic E-state index is 11.1. The summed E-state index contributed by atoms with van der Waals surface area (Å²) in [4.78, 5) is 13.4. The summed E-state index contributed by atoms with van der Waals surface area (Å²) in [7, 11) is 0. The van der Waals surface area contributed by atoms with Crippen molar-refractivity contribution in [3.8, 4) is 0 Å². The number of aryl methyl sites for hydroxylation is 1. The van der Waals surface area contributed by atoms with Gasteiger partial charge in [-0.3, -0.25) is 4.79 Å². The van der Waals surface area contributed by atoms with Gasteiger partial charge < -0.3 is 10.0 Å². The normalized spacial score (nSPS) is 20.3. The minimum Gasteiger partial charge on any atom is -0.481 e. The Hall–Kier alpha value is -2.29. The average molecular weight is 323 g/mol. The highest BCUT2D eigenvalue weighted by molar-refractivity contribution is 5.69. The van der Waals surface area contributed by atoms with Crippen molar-refractivity contribution in [1.82, 2.24) is 0 Å². The summed E-state index contributed by atoms with van der Waals surface area (Å²) in [5.41, 5.74) is 5.09. The second-order valence-electron chi connectivity index (χ2n) is 6.89. The molecule has 0 spiro atoms. The Morgan fingerprint density at radius 3 is 2.54 bits per heavy atom. The number of anilines is 1. The molecule has 1 fully saturated rings. The summed E-state index contributed by atoms with van der Waals surface area (Å²) < 4.78 is 0. The molecule has 126 valence electrons. The number of carbonyl (C=O) groups is 1. The minimum absolute atomic E-state index is 0.102. The first-order chi connectivity index (χ1) is 11.5. The molecule has 24 heavy (non-hydrogen) atoms. The molecule has 1 heterocycles. The van der Waals surface area contributed by atoms with E-state index < -0.39 is 5.97 Å². The number of benzene rings is 2. The lowest BCUT2D eigenvalue weighted by atomic mass is 9.99. The largest absolute Gasteiger partial charge is 0.481 e. The Balaban J connectivity index is 1.74. The van der Waals surface area contributed by atoms with E-state index in [1.165, 1.54) is 16.7 Å². The molecule has 2 aromatic rings. The molecule has 2 atom stereocenters. The molecule has 2 unspecified atom stereocenters. The van der Waals surface area contributed by atoms with Gasteiger partial charge >= 0.3 is 5.97 Å². The lowest BCUT2D eigenvalue weighted by molar-refractivity contribution is -0.137. The highest BCUT2D eigenvalue weighted by Crippen LogP contribution is 2.32. The van der Waals surface area contributed by atoms with Gasteiger partial charge in [0.05, 0.1) is 6.42 Å². The van der Waals surface area contributed by atoms with E-state index in [4.69, 9.17) is 5.11 Å². The summed E-state index contributed by atoms with van der Waals surface area (Å²) in [5.74, 6) is -0.289. The summed E-state index contributed by atoms with van der Waals surface area (Å²) >= 11 is 0. The number of aliphatic carboxylic acids is 1. The zero-order valence-electron chi connectivity index (χ0n) is 14.4. The smallest absolute Gasteiger partial charge is 0.305 e. The van der Waals surface area contributed by atoms with Crippen LogP contribution < -0.4 is 4.90 Å². The van der Waals surface area contributed by atoms with Crippen molar-refractivity contribution in [2.24, 2.45) is 5.92 Å². The lowest BCUT2D eigenvalue weighted by Crippen LogP contribution is -2.34. The van der Waals surface area contributed by atoms with Crippen LogP contribution in [0.25, 0.3) is 0 Å². The molecule has 1 aliphatic rings. The van der Waals surface area contributed by atoms with Crippen molar-refractivity contribution < 1.29 is 9.90 Å². The number of rotatable bonds is 5. The molecule has 2 aromatic carbocycles. The van der Waals surface area contributed by atoms with Crippen molar-refractivity contribution >= 4 is 11.7 Å². The number of nitrogens with zero attached hydrogens (tertiary/aromatic N) is 1. The highest BCUT2D eigenvalue weighted by atomic mass is 16.4. The molecule has 1 N–H and O–H groups in total. The van der Waals surface area contributed by atoms with Crippen LogP contribution in [-0.4, -0.2) is 23.7 Å². The Morgan fingerprint density at radius 1 is 1.17 bits per heavy atom. The van der Waals surface area contributed by atoms with Gasteiger partial charge in [0, 0.05) is 18.3 Å². The van der Waals surface area contributed by atoms with Crippen LogP contribution in [0.3, 0.4) is 0 Å². The lowest BCUT2D eigenvalue weighted by Gasteiger charge is -2.28. The van der Waals surface area contributed by atoms with Crippen molar-refractivity contribution in [3.63, 3.8) is 0 Å². The number of hydrogen-bond donors (Lipinski definition) is 1. The van der Waals surface area contributed by atoms with Gasteiger partial charge in [-0.1, -0.05) is 43.3 Å². The van der Waals surface area contributed by atoms with Gasteiger partial charge in [0.15, 0.2) is 0 Å². The van der Waals surface area contributed by atoms with Gasteiger partial charge in [-0.15, -0.1) is 0 Å². The van der Waals surface area contributed by atoms with Crippen molar-refractivity contribution in [3.05, 3.63) is 65.2 Å². The van der Waals surface area contributed by atoms with Crippen LogP contribution in [0.15, 0.2) is 48.5 Å². The number of carboxylic acids is 1. The van der Waals surface area contributed by atoms with E-state index in [0.29, 0.717) is 5.92 Å².